The normalized spacial score (nSPS) is 8.50. The summed E-state index contributed by atoms with van der Waals surface area (Å²) < 4.78 is 0. The van der Waals surface area contributed by atoms with Gasteiger partial charge in [-0.2, -0.15) is 0 Å². The van der Waals surface area contributed by atoms with Crippen LogP contribution < -0.4 is 0 Å². The van der Waals surface area contributed by atoms with Gasteiger partial charge < -0.3 is 10.1 Å². The van der Waals surface area contributed by atoms with Gasteiger partial charge in [0.05, 0.1) is 0 Å². The largest absolute Gasteiger partial charge is 0.509 e. The first-order valence-corrected chi connectivity index (χ1v) is 2.39. The Kier molecular flexibility index (Phi) is 5.67. The maximum Gasteiger partial charge on any atom is 0.326 e. The number of allylic oxidation sites excluding steroid dienone is 3. The Bertz CT molecular complexity index is 154. The van der Waals surface area contributed by atoms with E-state index in [1.54, 1.807) is 0 Å². The predicted molar refractivity (Wildman–Crippen MR) is 38.0 cm³/mol. The molecule has 2 nitrogen and oxygen atoms in total. The Labute approximate surface area is 55.1 Å². The zero-order chi connectivity index (χ0) is 7.28. The Morgan fingerprint density at radius 2 is 1.80 bits per heavy atom. The standard InChI is InChI=1S/C6H8BO2.Cm/c1-5(7-9)3-4-6(2)8;/h3-4,8-9H,1-2H2;/b4-3-;. The Balaban J connectivity index is 0. The Hall–Kier alpha value is -1.96. The van der Waals surface area contributed by atoms with Crippen LogP contribution in [0, 0.1) is 0 Å². The SMILES string of the molecule is C=C(O)/C=C\C(=C)[B]O.[Cm]. The van der Waals surface area contributed by atoms with Crippen molar-refractivity contribution < 1.29 is 10.1 Å². The predicted octanol–water partition coefficient (Wildman–Crippen LogP) is 0.739. The van der Waals surface area contributed by atoms with Gasteiger partial charge in [-0.25, -0.2) is 0 Å². The summed E-state index contributed by atoms with van der Waals surface area (Å²) in [5.41, 5.74) is 0.421. The van der Waals surface area contributed by atoms with E-state index < -0.39 is 0 Å². The average Bonchev–Trinajstić information content (AvgIpc) is 1.83. The van der Waals surface area contributed by atoms with Gasteiger partial charge in [-0.3, -0.25) is 0 Å². The van der Waals surface area contributed by atoms with Crippen LogP contribution >= 0.6 is 0 Å². The summed E-state index contributed by atoms with van der Waals surface area (Å²) >= 11 is 0. The minimum Gasteiger partial charge on any atom is -0.509 e. The number of aliphatic hydroxyl groups is 1. The zero-order valence-corrected chi connectivity index (χ0v) is 8.34. The van der Waals surface area contributed by atoms with Gasteiger partial charge in [0.15, 0.2) is 0 Å². The molecule has 0 saturated carbocycles. The fraction of sp³-hybridized carbons (Fsp3) is 0. The summed E-state index contributed by atoms with van der Waals surface area (Å²) in [7, 11) is 0.847. The summed E-state index contributed by atoms with van der Waals surface area (Å²) in [6.07, 6.45) is 2.79. The first kappa shape index (κ1) is 10.9. The molecule has 0 amide bonds. The van der Waals surface area contributed by atoms with E-state index in [1.807, 2.05) is 0 Å². The molecule has 0 heterocycles. The van der Waals surface area contributed by atoms with Crippen molar-refractivity contribution in [3.63, 3.8) is 0 Å². The Morgan fingerprint density at radius 3 is 2.10 bits per heavy atom. The summed E-state index contributed by atoms with van der Waals surface area (Å²) in [5.74, 6) is -0.0574. The van der Waals surface area contributed by atoms with E-state index in [0.717, 1.165) is 7.48 Å². The smallest absolute Gasteiger partial charge is 0.326 e. The number of rotatable bonds is 3. The van der Waals surface area contributed by atoms with Gasteiger partial charge in [-0.05, 0) is 6.08 Å². The average molecular weight is 370 g/mol. The number of hydrogen-bond donors (Lipinski definition) is 2. The molecule has 55 valence electrons. The second-order valence-electron chi connectivity index (χ2n) is 1.53. The van der Waals surface area contributed by atoms with Gasteiger partial charge in [0.2, 0.25) is 0 Å². The van der Waals surface area contributed by atoms with Crippen molar-refractivity contribution in [1.29, 1.82) is 0 Å². The van der Waals surface area contributed by atoms with Crippen molar-refractivity contribution >= 4 is 7.48 Å². The fourth-order valence-corrected chi connectivity index (χ4v) is 0.246. The molecule has 0 spiro atoms. The molecule has 0 aromatic heterocycles. The van der Waals surface area contributed by atoms with Crippen molar-refractivity contribution in [2.75, 3.05) is 0 Å². The molecule has 0 bridgehead atoms. The first-order valence-electron chi connectivity index (χ1n) is 2.39. The van der Waals surface area contributed by atoms with Crippen molar-refractivity contribution in [2.45, 2.75) is 0 Å². The molecular formula is C6H8BCmO2. The van der Waals surface area contributed by atoms with Crippen LogP contribution in [-0.2, 0) is 0 Å². The Morgan fingerprint density at radius 1 is 1.30 bits per heavy atom. The topological polar surface area (TPSA) is 40.5 Å². The molecule has 0 aromatic carbocycles. The molecule has 0 fully saturated rings. The van der Waals surface area contributed by atoms with Crippen LogP contribution in [0.15, 0.2) is 36.5 Å². The molecule has 10 heavy (non-hydrogen) atoms. The van der Waals surface area contributed by atoms with E-state index in [9.17, 15) is 0 Å². The van der Waals surface area contributed by atoms with Crippen LogP contribution in [0.4, 0.5) is 0 Å². The summed E-state index contributed by atoms with van der Waals surface area (Å²) in [6, 6.07) is 0. The fourth-order valence-electron chi connectivity index (χ4n) is 0.246. The van der Waals surface area contributed by atoms with Gasteiger partial charge in [0, 0.05) is 0 Å². The van der Waals surface area contributed by atoms with Crippen molar-refractivity contribution in [1.82, 2.24) is 0 Å². The van der Waals surface area contributed by atoms with Crippen molar-refractivity contribution in [2.24, 2.45) is 0 Å². The van der Waals surface area contributed by atoms with Gasteiger partial charge >= 0.3 is 7.48 Å². The van der Waals surface area contributed by atoms with Crippen LogP contribution in [0.3, 0.4) is 0 Å². The third-order valence-electron chi connectivity index (χ3n) is 0.656. The van der Waals surface area contributed by atoms with E-state index in [2.05, 4.69) is 13.2 Å². The first-order chi connectivity index (χ1) is 4.16. The van der Waals surface area contributed by atoms with Crippen molar-refractivity contribution in [3.05, 3.63) is 36.5 Å². The molecule has 0 saturated heterocycles. The maximum atomic E-state index is 8.48. The van der Waals surface area contributed by atoms with E-state index in [4.69, 9.17) is 10.1 Å². The van der Waals surface area contributed by atoms with E-state index in [1.165, 1.54) is 12.2 Å². The van der Waals surface area contributed by atoms with Gasteiger partial charge in [0.25, 0.3) is 0 Å². The maximum absolute atomic E-state index is 8.48. The van der Waals surface area contributed by atoms with Crippen LogP contribution in [0.1, 0.15) is 0 Å². The summed E-state index contributed by atoms with van der Waals surface area (Å²) in [6.45, 7) is 6.59. The monoisotopic (exact) mass is 366 g/mol. The zero-order valence-electron chi connectivity index (χ0n) is 5.39. The number of hydrogen-bond acceptors (Lipinski definition) is 2. The summed E-state index contributed by atoms with van der Waals surface area (Å²) in [5, 5.41) is 16.7. The van der Waals surface area contributed by atoms with Crippen LogP contribution in [0.2, 0.25) is 0 Å². The van der Waals surface area contributed by atoms with Gasteiger partial charge in [-0.15, -0.1) is 6.58 Å². The van der Waals surface area contributed by atoms with Gasteiger partial charge in [0.1, 0.15) is 5.76 Å². The third kappa shape index (κ3) is 6.04. The molecule has 0 aliphatic rings. The third-order valence-corrected chi connectivity index (χ3v) is 0.656. The molecule has 0 unspecified atom stereocenters. The minimum atomic E-state index is -0.0574. The number of aliphatic hydroxyl groups excluding tert-OH is 1. The van der Waals surface area contributed by atoms with Crippen LogP contribution in [-0.4, -0.2) is 17.6 Å². The van der Waals surface area contributed by atoms with Crippen LogP contribution in [0.25, 0.3) is 0 Å². The molecule has 2 N–H and O–H groups in total. The molecule has 0 aromatic rings. The quantitative estimate of drug-likeness (QED) is 0.437. The molecule has 4 heteroatoms. The van der Waals surface area contributed by atoms with E-state index >= 15 is 0 Å². The molecule has 0 rings (SSSR count). The molecule has 1 radical (unpaired) electrons. The molecular weight excluding hydrogens is 362 g/mol. The van der Waals surface area contributed by atoms with Gasteiger partial charge in [-0.1, -0.05) is 18.1 Å². The minimum absolute atomic E-state index is 0. The second kappa shape index (κ2) is 5.19. The molecule has 0 atom stereocenters. The second-order valence-corrected chi connectivity index (χ2v) is 1.53. The summed E-state index contributed by atoms with van der Waals surface area (Å²) in [4.78, 5) is 0. The van der Waals surface area contributed by atoms with Crippen LogP contribution in [0.5, 0.6) is 0 Å². The van der Waals surface area contributed by atoms with E-state index in [0.29, 0.717) is 5.47 Å². The molecule has 0 aliphatic carbocycles. The van der Waals surface area contributed by atoms with E-state index in [-0.39, 0.29) is 5.76 Å². The van der Waals surface area contributed by atoms with Crippen molar-refractivity contribution in [3.8, 4) is 0 Å². The molecule has 0 aliphatic heterocycles.